The second-order valence-electron chi connectivity index (χ2n) is 5.99. The summed E-state index contributed by atoms with van der Waals surface area (Å²) in [5.41, 5.74) is 0. The quantitative estimate of drug-likeness (QED) is 0.0851. The first kappa shape index (κ1) is 25.8. The summed E-state index contributed by atoms with van der Waals surface area (Å²) in [5, 5.41) is 54.5. The molecule has 1 aliphatic heterocycles. The Labute approximate surface area is 169 Å². The molecule has 1 saturated heterocycles. The van der Waals surface area contributed by atoms with Crippen LogP contribution in [0.3, 0.4) is 0 Å². The molecule has 0 unspecified atom stereocenters. The van der Waals surface area contributed by atoms with Crippen molar-refractivity contribution in [2.75, 3.05) is 19.7 Å². The molecule has 30 heavy (non-hydrogen) atoms. The summed E-state index contributed by atoms with van der Waals surface area (Å²) in [6.07, 6.45) is -8.57. The number of esters is 3. The number of carbonyl (C=O) groups excluding carboxylic acids is 3. The largest absolute Gasteiger partial charge is 0.463 e. The minimum atomic E-state index is -1.89. The molecule has 0 aliphatic carbocycles. The molecule has 0 aromatic rings. The highest BCUT2D eigenvalue weighted by Crippen LogP contribution is 2.26. The van der Waals surface area contributed by atoms with Gasteiger partial charge in [-0.05, 0) is 0 Å². The summed E-state index contributed by atoms with van der Waals surface area (Å²) in [6.45, 7) is 1.56. The number of hydrogen-bond donors (Lipinski definition) is 6. The fourth-order valence-corrected chi connectivity index (χ4v) is 2.33. The van der Waals surface area contributed by atoms with E-state index in [1.165, 1.54) is 0 Å². The highest BCUT2D eigenvalue weighted by molar-refractivity contribution is 5.81. The minimum absolute atomic E-state index is 0.231. The van der Waals surface area contributed by atoms with Gasteiger partial charge in [0.1, 0.15) is 18.8 Å². The number of aliphatic hydroxyl groups is 2. The van der Waals surface area contributed by atoms with Gasteiger partial charge >= 0.3 is 17.9 Å². The van der Waals surface area contributed by atoms with Crippen LogP contribution in [-0.4, -0.2) is 110 Å². The first-order valence-corrected chi connectivity index (χ1v) is 8.55. The second kappa shape index (κ2) is 12.5. The van der Waals surface area contributed by atoms with E-state index in [9.17, 15) is 24.6 Å². The smallest absolute Gasteiger partial charge is 0.330 e. The van der Waals surface area contributed by atoms with Crippen molar-refractivity contribution in [2.45, 2.75) is 43.5 Å². The molecule has 6 N–H and O–H groups in total. The maximum absolute atomic E-state index is 11.9. The Bertz CT molecular complexity index is 599. The van der Waals surface area contributed by atoms with Crippen molar-refractivity contribution >= 4 is 17.9 Å². The molecule has 0 aromatic heterocycles. The zero-order chi connectivity index (χ0) is 22.8. The van der Waals surface area contributed by atoms with E-state index in [0.717, 1.165) is 6.08 Å². The van der Waals surface area contributed by atoms with E-state index in [-0.39, 0.29) is 10.5 Å². The zero-order valence-electron chi connectivity index (χ0n) is 15.6. The molecular formula is C15H24N2O13. The van der Waals surface area contributed by atoms with E-state index in [0.29, 0.717) is 0 Å². The minimum Gasteiger partial charge on any atom is -0.463 e. The standard InChI is InChI=1S/C15H24N2O13/c1-2-9(18)29-14-13(30-11(20)4-6-17(25)26)12(21)8(28-15(14)22)7-27-10(19)3-5-16(23)24/h2,8,12-15,21-26H,1,3-7H2/t8-,12-,13+,14-,15+/m1/s1. The van der Waals surface area contributed by atoms with Crippen LogP contribution in [0.1, 0.15) is 12.8 Å². The molecule has 15 nitrogen and oxygen atoms in total. The number of carbonyl (C=O) groups is 3. The number of hydroxylamine groups is 4. The van der Waals surface area contributed by atoms with Crippen LogP contribution in [0.5, 0.6) is 0 Å². The van der Waals surface area contributed by atoms with Crippen molar-refractivity contribution in [1.29, 1.82) is 0 Å². The summed E-state index contributed by atoms with van der Waals surface area (Å²) >= 11 is 0. The molecule has 15 heteroatoms. The lowest BCUT2D eigenvalue weighted by atomic mass is 9.98. The lowest BCUT2D eigenvalue weighted by molar-refractivity contribution is -0.309. The van der Waals surface area contributed by atoms with Crippen molar-refractivity contribution in [3.05, 3.63) is 12.7 Å². The Hall–Kier alpha value is -2.21. The normalized spacial score (nSPS) is 26.3. The van der Waals surface area contributed by atoms with E-state index in [1.807, 2.05) is 0 Å². The topological polar surface area (TPSA) is 216 Å². The van der Waals surface area contributed by atoms with Gasteiger partial charge < -0.3 is 29.2 Å². The van der Waals surface area contributed by atoms with Crippen molar-refractivity contribution in [1.82, 2.24) is 10.5 Å². The maximum Gasteiger partial charge on any atom is 0.330 e. The highest BCUT2D eigenvalue weighted by Gasteiger charge is 2.49. The SMILES string of the molecule is C=CC(=O)O[C@@H]1[C@@H](OC(=O)CCN(O)O)[C@H](O)[C@@H](COC(=O)CCN(O)O)O[C@@H]1O. The van der Waals surface area contributed by atoms with Crippen LogP contribution >= 0.6 is 0 Å². The van der Waals surface area contributed by atoms with Crippen molar-refractivity contribution in [3.8, 4) is 0 Å². The monoisotopic (exact) mass is 440 g/mol. The molecular weight excluding hydrogens is 416 g/mol. The van der Waals surface area contributed by atoms with Crippen molar-refractivity contribution in [3.63, 3.8) is 0 Å². The van der Waals surface area contributed by atoms with Crippen LogP contribution in [0.2, 0.25) is 0 Å². The Morgan fingerprint density at radius 1 is 0.933 bits per heavy atom. The molecule has 0 aromatic carbocycles. The lowest BCUT2D eigenvalue weighted by Gasteiger charge is -2.41. The van der Waals surface area contributed by atoms with Gasteiger partial charge in [-0.1, -0.05) is 17.0 Å². The molecule has 5 atom stereocenters. The van der Waals surface area contributed by atoms with Gasteiger partial charge in [0, 0.05) is 6.08 Å². The van der Waals surface area contributed by atoms with E-state index in [4.69, 9.17) is 39.8 Å². The third-order valence-corrected chi connectivity index (χ3v) is 3.76. The molecule has 0 spiro atoms. The first-order valence-electron chi connectivity index (χ1n) is 8.55. The fourth-order valence-electron chi connectivity index (χ4n) is 2.33. The molecule has 0 bridgehead atoms. The highest BCUT2D eigenvalue weighted by atomic mass is 16.8. The van der Waals surface area contributed by atoms with E-state index in [2.05, 4.69) is 6.58 Å². The van der Waals surface area contributed by atoms with Gasteiger partial charge in [0.2, 0.25) is 0 Å². The zero-order valence-corrected chi connectivity index (χ0v) is 15.6. The average molecular weight is 440 g/mol. The first-order chi connectivity index (χ1) is 14.0. The second-order valence-corrected chi connectivity index (χ2v) is 5.99. The number of aliphatic hydroxyl groups excluding tert-OH is 2. The average Bonchev–Trinajstić information content (AvgIpc) is 2.68. The molecule has 0 amide bonds. The summed E-state index contributed by atoms with van der Waals surface area (Å²) in [6, 6.07) is 0. The third kappa shape index (κ3) is 8.66. The molecule has 1 fully saturated rings. The molecule has 1 rings (SSSR count). The van der Waals surface area contributed by atoms with Gasteiger partial charge in [-0.15, -0.1) is 0 Å². The van der Waals surface area contributed by atoms with E-state index >= 15 is 0 Å². The van der Waals surface area contributed by atoms with Gasteiger partial charge in [-0.3, -0.25) is 30.4 Å². The van der Waals surface area contributed by atoms with Crippen LogP contribution in [0.4, 0.5) is 0 Å². The van der Waals surface area contributed by atoms with E-state index < -0.39 is 81.2 Å². The number of hydrogen-bond acceptors (Lipinski definition) is 15. The molecule has 1 heterocycles. The van der Waals surface area contributed by atoms with Gasteiger partial charge in [0.25, 0.3) is 0 Å². The molecule has 1 aliphatic rings. The van der Waals surface area contributed by atoms with Gasteiger partial charge in [0.15, 0.2) is 18.5 Å². The molecule has 0 saturated carbocycles. The summed E-state index contributed by atoms with van der Waals surface area (Å²) in [4.78, 5) is 34.9. The van der Waals surface area contributed by atoms with Crippen LogP contribution in [0, 0.1) is 0 Å². The predicted octanol–water partition coefficient (Wildman–Crippen LogP) is -2.44. The molecule has 0 radical (unpaired) electrons. The predicted molar refractivity (Wildman–Crippen MR) is 87.6 cm³/mol. The Balaban J connectivity index is 2.83. The Morgan fingerprint density at radius 2 is 1.50 bits per heavy atom. The van der Waals surface area contributed by atoms with Crippen LogP contribution in [0.15, 0.2) is 12.7 Å². The maximum atomic E-state index is 11.9. The third-order valence-electron chi connectivity index (χ3n) is 3.76. The summed E-state index contributed by atoms with van der Waals surface area (Å²) < 4.78 is 19.7. The number of ether oxygens (including phenoxy) is 4. The summed E-state index contributed by atoms with van der Waals surface area (Å²) in [5.74, 6) is -2.95. The lowest BCUT2D eigenvalue weighted by Crippen LogP contribution is -2.61. The number of nitrogens with zero attached hydrogens (tertiary/aromatic N) is 2. The van der Waals surface area contributed by atoms with Crippen LogP contribution in [-0.2, 0) is 33.3 Å². The number of rotatable bonds is 11. The molecule has 172 valence electrons. The fraction of sp³-hybridized carbons (Fsp3) is 0.667. The van der Waals surface area contributed by atoms with E-state index in [1.54, 1.807) is 0 Å². The Morgan fingerprint density at radius 3 is 2.03 bits per heavy atom. The van der Waals surface area contributed by atoms with Gasteiger partial charge in [-0.2, -0.15) is 0 Å². The Kier molecular flexibility index (Phi) is 10.7. The van der Waals surface area contributed by atoms with Crippen LogP contribution < -0.4 is 0 Å². The van der Waals surface area contributed by atoms with Gasteiger partial charge in [0.05, 0.1) is 25.9 Å². The van der Waals surface area contributed by atoms with Crippen molar-refractivity contribution in [2.24, 2.45) is 0 Å². The van der Waals surface area contributed by atoms with Crippen LogP contribution in [0.25, 0.3) is 0 Å². The van der Waals surface area contributed by atoms with Crippen molar-refractivity contribution < 1.29 is 64.4 Å². The van der Waals surface area contributed by atoms with Gasteiger partial charge in [-0.25, -0.2) is 4.79 Å². The summed E-state index contributed by atoms with van der Waals surface area (Å²) in [7, 11) is 0.